The van der Waals surface area contributed by atoms with Crippen LogP contribution in [0.2, 0.25) is 0 Å². The van der Waals surface area contributed by atoms with Crippen LogP contribution in [0.3, 0.4) is 0 Å². The molecule has 0 aromatic heterocycles. The maximum Gasteiger partial charge on any atom is 0.224 e. The summed E-state index contributed by atoms with van der Waals surface area (Å²) in [5, 5.41) is 15.7. The summed E-state index contributed by atoms with van der Waals surface area (Å²) in [7, 11) is 0. The maximum absolute atomic E-state index is 11.7. The van der Waals surface area contributed by atoms with Crippen molar-refractivity contribution in [1.29, 1.82) is 0 Å². The van der Waals surface area contributed by atoms with E-state index in [2.05, 4.69) is 17.6 Å². The highest BCUT2D eigenvalue weighted by molar-refractivity contribution is 5.79. The molecule has 0 radical (unpaired) electrons. The van der Waals surface area contributed by atoms with Gasteiger partial charge in [-0.2, -0.15) is 0 Å². The predicted octanol–water partition coefficient (Wildman–Crippen LogP) is -0.271. The van der Waals surface area contributed by atoms with Gasteiger partial charge in [0.1, 0.15) is 0 Å². The minimum absolute atomic E-state index is 0.0800. The molecular weight excluding hydrogens is 192 g/mol. The molecule has 1 heterocycles. The van der Waals surface area contributed by atoms with Crippen LogP contribution in [-0.4, -0.2) is 36.8 Å². The molecule has 1 aliphatic heterocycles. The van der Waals surface area contributed by atoms with E-state index in [1.165, 1.54) is 0 Å². The summed E-state index contributed by atoms with van der Waals surface area (Å²) < 4.78 is 0. The summed E-state index contributed by atoms with van der Waals surface area (Å²) >= 11 is 0. The summed E-state index contributed by atoms with van der Waals surface area (Å²) in [6.07, 6.45) is 1.88. The van der Waals surface area contributed by atoms with E-state index in [1.807, 2.05) is 0 Å². The number of carbonyl (C=O) groups excluding carboxylic acids is 1. The van der Waals surface area contributed by atoms with Crippen molar-refractivity contribution in [2.45, 2.75) is 25.9 Å². The predicted molar refractivity (Wildman–Crippen MR) is 57.3 cm³/mol. The lowest BCUT2D eigenvalue weighted by Crippen LogP contribution is -2.39. The van der Waals surface area contributed by atoms with E-state index >= 15 is 0 Å². The molecule has 15 heavy (non-hydrogen) atoms. The van der Waals surface area contributed by atoms with Gasteiger partial charge >= 0.3 is 0 Å². The van der Waals surface area contributed by atoms with Crippen molar-refractivity contribution >= 4 is 5.91 Å². The highest BCUT2D eigenvalue weighted by Crippen LogP contribution is 2.32. The second-order valence-corrected chi connectivity index (χ2v) is 4.89. The molecule has 2 fully saturated rings. The molecule has 4 heteroatoms. The Hall–Kier alpha value is -0.610. The van der Waals surface area contributed by atoms with Crippen LogP contribution in [0.1, 0.15) is 19.8 Å². The summed E-state index contributed by atoms with van der Waals surface area (Å²) in [5.74, 6) is 1.01. The first-order valence-corrected chi connectivity index (χ1v) is 5.85. The summed E-state index contributed by atoms with van der Waals surface area (Å²) in [6, 6.07) is 0. The van der Waals surface area contributed by atoms with Gasteiger partial charge in [0.15, 0.2) is 0 Å². The minimum atomic E-state index is -0.335. The average Bonchev–Trinajstić information content (AvgIpc) is 2.98. The van der Waals surface area contributed by atoms with Gasteiger partial charge in [0, 0.05) is 13.1 Å². The van der Waals surface area contributed by atoms with Gasteiger partial charge in [-0.3, -0.25) is 4.79 Å². The fourth-order valence-electron chi connectivity index (χ4n) is 2.14. The summed E-state index contributed by atoms with van der Waals surface area (Å²) in [4.78, 5) is 11.7. The van der Waals surface area contributed by atoms with Crippen LogP contribution in [0.15, 0.2) is 0 Å². The minimum Gasteiger partial charge on any atom is -0.391 e. The molecule has 3 N–H and O–H groups in total. The Balaban J connectivity index is 1.71. The second-order valence-electron chi connectivity index (χ2n) is 4.89. The molecule has 0 aromatic carbocycles. The lowest BCUT2D eigenvalue weighted by Gasteiger charge is -2.16. The molecule has 1 saturated carbocycles. The highest BCUT2D eigenvalue weighted by Gasteiger charge is 2.32. The Kier molecular flexibility index (Phi) is 3.26. The van der Waals surface area contributed by atoms with E-state index in [1.54, 1.807) is 0 Å². The molecule has 1 unspecified atom stereocenters. The molecule has 1 saturated heterocycles. The van der Waals surface area contributed by atoms with Crippen molar-refractivity contribution in [3.8, 4) is 0 Å². The van der Waals surface area contributed by atoms with Crippen molar-refractivity contribution < 1.29 is 9.90 Å². The largest absolute Gasteiger partial charge is 0.391 e. The fraction of sp³-hybridized carbons (Fsp3) is 0.909. The van der Waals surface area contributed by atoms with Gasteiger partial charge in [0.25, 0.3) is 0 Å². The molecule has 2 aliphatic rings. The lowest BCUT2D eigenvalue weighted by atomic mass is 9.97. The third-order valence-electron chi connectivity index (χ3n) is 3.51. The van der Waals surface area contributed by atoms with E-state index in [9.17, 15) is 9.90 Å². The molecule has 0 aromatic rings. The van der Waals surface area contributed by atoms with E-state index in [4.69, 9.17) is 0 Å². The van der Waals surface area contributed by atoms with Crippen LogP contribution in [-0.2, 0) is 4.79 Å². The van der Waals surface area contributed by atoms with Gasteiger partial charge in [-0.1, -0.05) is 6.92 Å². The number of aliphatic hydroxyl groups excluding tert-OH is 1. The van der Waals surface area contributed by atoms with Crippen molar-refractivity contribution in [3.05, 3.63) is 0 Å². The fourth-order valence-corrected chi connectivity index (χ4v) is 2.14. The maximum atomic E-state index is 11.7. The molecule has 2 rings (SSSR count). The SMILES string of the molecule is C[C@@H]1CNC[C@H]1C(=O)NCC(O)C1CC1. The van der Waals surface area contributed by atoms with Crippen LogP contribution in [0.4, 0.5) is 0 Å². The molecule has 3 atom stereocenters. The van der Waals surface area contributed by atoms with Crippen molar-refractivity contribution in [1.82, 2.24) is 10.6 Å². The van der Waals surface area contributed by atoms with Crippen molar-refractivity contribution in [2.75, 3.05) is 19.6 Å². The number of nitrogens with one attached hydrogen (secondary N) is 2. The van der Waals surface area contributed by atoms with Crippen molar-refractivity contribution in [3.63, 3.8) is 0 Å². The first-order valence-electron chi connectivity index (χ1n) is 5.85. The van der Waals surface area contributed by atoms with Gasteiger partial charge in [-0.05, 0) is 31.2 Å². The summed E-state index contributed by atoms with van der Waals surface area (Å²) in [5.41, 5.74) is 0. The van der Waals surface area contributed by atoms with Crippen LogP contribution in [0.25, 0.3) is 0 Å². The Labute approximate surface area is 90.4 Å². The second kappa shape index (κ2) is 4.49. The first kappa shape index (κ1) is 10.9. The number of amides is 1. The molecule has 4 nitrogen and oxygen atoms in total. The Morgan fingerprint density at radius 2 is 2.27 bits per heavy atom. The first-order chi connectivity index (χ1) is 7.18. The average molecular weight is 212 g/mol. The van der Waals surface area contributed by atoms with Crippen LogP contribution in [0, 0.1) is 17.8 Å². The third kappa shape index (κ3) is 2.69. The molecule has 0 bridgehead atoms. The number of aliphatic hydroxyl groups is 1. The van der Waals surface area contributed by atoms with Gasteiger partial charge in [0.2, 0.25) is 5.91 Å². The third-order valence-corrected chi connectivity index (χ3v) is 3.51. The summed E-state index contributed by atoms with van der Waals surface area (Å²) in [6.45, 7) is 4.20. The highest BCUT2D eigenvalue weighted by atomic mass is 16.3. The molecule has 0 spiro atoms. The molecule has 86 valence electrons. The lowest BCUT2D eigenvalue weighted by molar-refractivity contribution is -0.125. The van der Waals surface area contributed by atoms with E-state index in [0.717, 1.165) is 25.9 Å². The topological polar surface area (TPSA) is 61.4 Å². The standard InChI is InChI=1S/C11H20N2O2/c1-7-4-12-5-9(7)11(15)13-6-10(14)8-2-3-8/h7-10,12,14H,2-6H2,1H3,(H,13,15)/t7-,9-,10?/m1/s1. The van der Waals surface area contributed by atoms with Gasteiger partial charge in [-0.15, -0.1) is 0 Å². The Morgan fingerprint density at radius 3 is 2.80 bits per heavy atom. The monoisotopic (exact) mass is 212 g/mol. The van der Waals surface area contributed by atoms with Crippen LogP contribution >= 0.6 is 0 Å². The number of hydrogen-bond donors (Lipinski definition) is 3. The zero-order valence-electron chi connectivity index (χ0n) is 9.20. The van der Waals surface area contributed by atoms with E-state index < -0.39 is 0 Å². The van der Waals surface area contributed by atoms with E-state index in [0.29, 0.717) is 18.4 Å². The van der Waals surface area contributed by atoms with Gasteiger partial charge in [-0.25, -0.2) is 0 Å². The number of hydrogen-bond acceptors (Lipinski definition) is 3. The van der Waals surface area contributed by atoms with Gasteiger partial charge < -0.3 is 15.7 Å². The smallest absolute Gasteiger partial charge is 0.224 e. The Morgan fingerprint density at radius 1 is 1.53 bits per heavy atom. The van der Waals surface area contributed by atoms with Gasteiger partial charge in [0.05, 0.1) is 12.0 Å². The normalized spacial score (nSPS) is 32.7. The number of carbonyl (C=O) groups is 1. The molecular formula is C11H20N2O2. The van der Waals surface area contributed by atoms with Crippen LogP contribution in [0.5, 0.6) is 0 Å². The van der Waals surface area contributed by atoms with E-state index in [-0.39, 0.29) is 17.9 Å². The van der Waals surface area contributed by atoms with Crippen LogP contribution < -0.4 is 10.6 Å². The zero-order valence-corrected chi connectivity index (χ0v) is 9.20. The molecule has 1 amide bonds. The zero-order chi connectivity index (χ0) is 10.8. The number of rotatable bonds is 4. The Bertz CT molecular complexity index is 241. The quantitative estimate of drug-likeness (QED) is 0.601. The molecule has 1 aliphatic carbocycles. The van der Waals surface area contributed by atoms with Crippen molar-refractivity contribution in [2.24, 2.45) is 17.8 Å².